The Morgan fingerprint density at radius 3 is 2.46 bits per heavy atom. The summed E-state index contributed by atoms with van der Waals surface area (Å²) in [6.45, 7) is 6.06. The first-order valence-electron chi connectivity index (χ1n) is 4.60. The van der Waals surface area contributed by atoms with Crippen molar-refractivity contribution >= 4 is 0 Å². The monoisotopic (exact) mass is 185 g/mol. The fourth-order valence-corrected chi connectivity index (χ4v) is 1.34. The number of hydrogen-bond donors (Lipinski definition) is 1. The van der Waals surface area contributed by atoms with Crippen molar-refractivity contribution in [3.8, 4) is 6.07 Å². The predicted octanol–water partition coefficient (Wildman–Crippen LogP) is 1.57. The minimum Gasteiger partial charge on any atom is -0.391 e. The number of nitriles is 1. The molecular formula is C10H19NO2. The van der Waals surface area contributed by atoms with Gasteiger partial charge in [-0.25, -0.2) is 0 Å². The molecule has 3 unspecified atom stereocenters. The van der Waals surface area contributed by atoms with Gasteiger partial charge < -0.3 is 9.84 Å². The molecule has 0 aliphatic carbocycles. The summed E-state index contributed by atoms with van der Waals surface area (Å²) in [5, 5.41) is 18.8. The lowest BCUT2D eigenvalue weighted by Crippen LogP contribution is -2.37. The van der Waals surface area contributed by atoms with E-state index in [2.05, 4.69) is 6.07 Å². The lowest BCUT2D eigenvalue weighted by Gasteiger charge is -2.30. The minimum atomic E-state index is -0.655. The van der Waals surface area contributed by atoms with Crippen LogP contribution in [-0.4, -0.2) is 24.9 Å². The number of hydrogen-bond acceptors (Lipinski definition) is 3. The van der Waals surface area contributed by atoms with E-state index in [4.69, 9.17) is 10.00 Å². The fourth-order valence-electron chi connectivity index (χ4n) is 1.34. The second-order valence-electron chi connectivity index (χ2n) is 3.76. The number of methoxy groups -OCH3 is 1. The maximum atomic E-state index is 9.87. The first kappa shape index (κ1) is 12.4. The van der Waals surface area contributed by atoms with Gasteiger partial charge in [-0.3, -0.25) is 0 Å². The summed E-state index contributed by atoms with van der Waals surface area (Å²) in [7, 11) is 1.60. The van der Waals surface area contributed by atoms with Crippen LogP contribution in [0.25, 0.3) is 0 Å². The molecule has 0 bridgehead atoms. The minimum absolute atomic E-state index is 0.00500. The zero-order valence-electron chi connectivity index (χ0n) is 8.87. The number of rotatable bonds is 5. The van der Waals surface area contributed by atoms with Crippen LogP contribution in [0.3, 0.4) is 0 Å². The number of aliphatic hydroxyl groups is 1. The topological polar surface area (TPSA) is 53.2 Å². The maximum absolute atomic E-state index is 9.87. The Bertz CT molecular complexity index is 188. The van der Waals surface area contributed by atoms with Crippen molar-refractivity contribution in [3.05, 3.63) is 0 Å². The Balaban J connectivity index is 4.38. The normalized spacial score (nSPS) is 20.0. The molecule has 1 N–H and O–H groups in total. The Morgan fingerprint density at radius 1 is 1.62 bits per heavy atom. The first-order valence-corrected chi connectivity index (χ1v) is 4.60. The molecule has 0 aromatic heterocycles. The summed E-state index contributed by atoms with van der Waals surface area (Å²) in [5.41, 5.74) is -0.655. The highest BCUT2D eigenvalue weighted by Gasteiger charge is 2.34. The number of aliphatic hydroxyl groups excluding tert-OH is 1. The van der Waals surface area contributed by atoms with Crippen LogP contribution in [0.5, 0.6) is 0 Å². The van der Waals surface area contributed by atoms with Gasteiger partial charge in [0.2, 0.25) is 0 Å². The molecule has 0 radical (unpaired) electrons. The molecule has 0 heterocycles. The van der Waals surface area contributed by atoms with Gasteiger partial charge in [0.25, 0.3) is 0 Å². The smallest absolute Gasteiger partial charge is 0.0805 e. The highest BCUT2D eigenvalue weighted by Crippen LogP contribution is 2.29. The quantitative estimate of drug-likeness (QED) is 0.707. The molecule has 0 aliphatic rings. The summed E-state index contributed by atoms with van der Waals surface area (Å²) in [4.78, 5) is 0. The summed E-state index contributed by atoms with van der Waals surface area (Å²) >= 11 is 0. The van der Waals surface area contributed by atoms with Gasteiger partial charge in [0.15, 0.2) is 0 Å². The van der Waals surface area contributed by atoms with E-state index in [9.17, 15) is 5.11 Å². The third-order valence-electron chi connectivity index (χ3n) is 2.61. The average molecular weight is 185 g/mol. The van der Waals surface area contributed by atoms with E-state index in [-0.39, 0.29) is 5.92 Å². The Hall–Kier alpha value is -0.590. The molecule has 3 atom stereocenters. The summed E-state index contributed by atoms with van der Waals surface area (Å²) in [6, 6.07) is 2.16. The van der Waals surface area contributed by atoms with Crippen molar-refractivity contribution in [3.63, 3.8) is 0 Å². The largest absolute Gasteiger partial charge is 0.391 e. The van der Waals surface area contributed by atoms with Crippen molar-refractivity contribution in [1.82, 2.24) is 0 Å². The van der Waals surface area contributed by atoms with Crippen LogP contribution in [0, 0.1) is 22.7 Å². The molecule has 0 amide bonds. The van der Waals surface area contributed by atoms with E-state index in [1.54, 1.807) is 14.0 Å². The van der Waals surface area contributed by atoms with Gasteiger partial charge in [0.05, 0.1) is 24.2 Å². The van der Waals surface area contributed by atoms with Crippen LogP contribution in [0.2, 0.25) is 0 Å². The fraction of sp³-hybridized carbons (Fsp3) is 0.900. The van der Waals surface area contributed by atoms with E-state index in [1.807, 2.05) is 13.8 Å². The van der Waals surface area contributed by atoms with Gasteiger partial charge in [-0.05, 0) is 13.3 Å². The van der Waals surface area contributed by atoms with Gasteiger partial charge in [-0.1, -0.05) is 13.8 Å². The molecular weight excluding hydrogens is 166 g/mol. The molecule has 0 spiro atoms. The molecule has 76 valence electrons. The van der Waals surface area contributed by atoms with Gasteiger partial charge in [-0.15, -0.1) is 0 Å². The average Bonchev–Trinajstić information content (AvgIpc) is 2.16. The first-order chi connectivity index (χ1) is 6.01. The molecule has 3 heteroatoms. The van der Waals surface area contributed by atoms with E-state index in [0.29, 0.717) is 13.0 Å². The van der Waals surface area contributed by atoms with Crippen LogP contribution < -0.4 is 0 Å². The molecule has 0 saturated heterocycles. The third-order valence-corrected chi connectivity index (χ3v) is 2.61. The van der Waals surface area contributed by atoms with E-state index in [1.165, 1.54) is 0 Å². The van der Waals surface area contributed by atoms with Crippen LogP contribution in [-0.2, 0) is 4.74 Å². The van der Waals surface area contributed by atoms with E-state index in [0.717, 1.165) is 0 Å². The SMILES string of the molecule is CCC(C)(C#N)C(O)C(C)COC. The summed E-state index contributed by atoms with van der Waals surface area (Å²) in [6.07, 6.45) is 0.0288. The van der Waals surface area contributed by atoms with Crippen LogP contribution in [0.15, 0.2) is 0 Å². The van der Waals surface area contributed by atoms with Gasteiger partial charge in [0.1, 0.15) is 0 Å². The van der Waals surface area contributed by atoms with Crippen LogP contribution >= 0.6 is 0 Å². The summed E-state index contributed by atoms with van der Waals surface area (Å²) in [5.74, 6) is -0.00500. The highest BCUT2D eigenvalue weighted by atomic mass is 16.5. The Kier molecular flexibility index (Phi) is 4.97. The Morgan fingerprint density at radius 2 is 2.15 bits per heavy atom. The van der Waals surface area contributed by atoms with Crippen molar-refractivity contribution < 1.29 is 9.84 Å². The lowest BCUT2D eigenvalue weighted by atomic mass is 9.78. The summed E-state index contributed by atoms with van der Waals surface area (Å²) < 4.78 is 4.94. The zero-order chi connectivity index (χ0) is 10.5. The van der Waals surface area contributed by atoms with Gasteiger partial charge in [0, 0.05) is 13.0 Å². The number of nitrogens with zero attached hydrogens (tertiary/aromatic N) is 1. The van der Waals surface area contributed by atoms with Crippen LogP contribution in [0.1, 0.15) is 27.2 Å². The molecule has 0 aromatic carbocycles. The zero-order valence-corrected chi connectivity index (χ0v) is 8.87. The number of ether oxygens (including phenoxy) is 1. The molecule has 13 heavy (non-hydrogen) atoms. The van der Waals surface area contributed by atoms with Crippen molar-refractivity contribution in [2.45, 2.75) is 33.3 Å². The molecule has 0 aromatic rings. The van der Waals surface area contributed by atoms with Gasteiger partial charge in [-0.2, -0.15) is 5.26 Å². The molecule has 0 saturated carbocycles. The van der Waals surface area contributed by atoms with Crippen molar-refractivity contribution in [2.75, 3.05) is 13.7 Å². The second-order valence-corrected chi connectivity index (χ2v) is 3.76. The Labute approximate surface area is 80.3 Å². The van der Waals surface area contributed by atoms with E-state index >= 15 is 0 Å². The van der Waals surface area contributed by atoms with Crippen molar-refractivity contribution in [1.29, 1.82) is 5.26 Å². The molecule has 0 aliphatic heterocycles. The van der Waals surface area contributed by atoms with Crippen LogP contribution in [0.4, 0.5) is 0 Å². The van der Waals surface area contributed by atoms with Gasteiger partial charge >= 0.3 is 0 Å². The van der Waals surface area contributed by atoms with Crippen molar-refractivity contribution in [2.24, 2.45) is 11.3 Å². The van der Waals surface area contributed by atoms with E-state index < -0.39 is 11.5 Å². The predicted molar refractivity (Wildman–Crippen MR) is 51.1 cm³/mol. The third kappa shape index (κ3) is 2.98. The molecule has 0 fully saturated rings. The molecule has 0 rings (SSSR count). The molecule has 3 nitrogen and oxygen atoms in total. The second kappa shape index (κ2) is 5.21. The standard InChI is InChI=1S/C10H19NO2/c1-5-10(3,7-11)9(12)8(2)6-13-4/h8-9,12H,5-6H2,1-4H3. The highest BCUT2D eigenvalue weighted by molar-refractivity contribution is 5.01. The maximum Gasteiger partial charge on any atom is 0.0805 e. The lowest BCUT2D eigenvalue weighted by molar-refractivity contribution is -0.00449.